The van der Waals surface area contributed by atoms with Crippen molar-refractivity contribution in [2.45, 2.75) is 19.1 Å². The Morgan fingerprint density at radius 3 is 2.77 bits per heavy atom. The van der Waals surface area contributed by atoms with Gasteiger partial charge in [0, 0.05) is 13.1 Å². The molecule has 0 saturated carbocycles. The number of carbonyl (C=O) groups excluding carboxylic acids is 2. The number of morpholine rings is 1. The molecule has 0 aromatic heterocycles. The van der Waals surface area contributed by atoms with E-state index in [-0.39, 0.29) is 6.10 Å². The quantitative estimate of drug-likeness (QED) is 0.876. The highest BCUT2D eigenvalue weighted by Gasteiger charge is 2.29. The Morgan fingerprint density at radius 1 is 1.41 bits per heavy atom. The number of hydrogen-bond donors (Lipinski definition) is 2. The van der Waals surface area contributed by atoms with E-state index in [1.807, 2.05) is 11.0 Å². The average Bonchev–Trinajstić information content (AvgIpc) is 2.48. The molecule has 2 rings (SSSR count). The number of benzene rings is 1. The van der Waals surface area contributed by atoms with Crippen molar-refractivity contribution >= 4 is 35.1 Å². The summed E-state index contributed by atoms with van der Waals surface area (Å²) in [4.78, 5) is 24.6. The van der Waals surface area contributed by atoms with Crippen LogP contribution in [-0.4, -0.2) is 42.6 Å². The predicted molar refractivity (Wildman–Crippen MR) is 83.9 cm³/mol. The van der Waals surface area contributed by atoms with Crippen LogP contribution >= 0.6 is 23.2 Å². The summed E-state index contributed by atoms with van der Waals surface area (Å²) in [5.41, 5.74) is 5.86. The number of carbonyl (C=O) groups is 2. The fourth-order valence-corrected chi connectivity index (χ4v) is 2.63. The lowest BCUT2D eigenvalue weighted by molar-refractivity contribution is -0.128. The fourth-order valence-electron chi connectivity index (χ4n) is 2.33. The third-order valence-corrected chi connectivity index (χ3v) is 4.33. The van der Waals surface area contributed by atoms with Gasteiger partial charge >= 0.3 is 6.03 Å². The molecule has 6 nitrogen and oxygen atoms in total. The summed E-state index contributed by atoms with van der Waals surface area (Å²) < 4.78 is 5.73. The van der Waals surface area contributed by atoms with Crippen molar-refractivity contribution in [3.05, 3.63) is 33.8 Å². The Labute approximate surface area is 138 Å². The Bertz CT molecular complexity index is 582. The third-order valence-electron chi connectivity index (χ3n) is 3.59. The Balaban J connectivity index is 2.06. The minimum atomic E-state index is -0.855. The minimum Gasteiger partial charge on any atom is -0.371 e. The number of urea groups is 1. The fraction of sp³-hybridized carbons (Fsp3) is 0.429. The number of nitrogens with one attached hydrogen (secondary N) is 1. The van der Waals surface area contributed by atoms with E-state index in [0.29, 0.717) is 29.7 Å². The second kappa shape index (κ2) is 7.28. The number of rotatable bonds is 3. The molecule has 1 aliphatic rings. The van der Waals surface area contributed by atoms with E-state index < -0.39 is 18.0 Å². The number of ether oxygens (including phenoxy) is 1. The highest BCUT2D eigenvalue weighted by molar-refractivity contribution is 6.42. The van der Waals surface area contributed by atoms with Crippen LogP contribution < -0.4 is 11.1 Å². The van der Waals surface area contributed by atoms with Gasteiger partial charge in [-0.1, -0.05) is 29.3 Å². The number of imide groups is 1. The van der Waals surface area contributed by atoms with Crippen LogP contribution in [0.3, 0.4) is 0 Å². The number of primary amides is 1. The first kappa shape index (κ1) is 17.0. The minimum absolute atomic E-state index is 0.215. The molecule has 120 valence electrons. The van der Waals surface area contributed by atoms with Gasteiger partial charge in [-0.3, -0.25) is 15.0 Å². The second-order valence-corrected chi connectivity index (χ2v) is 5.87. The standard InChI is InChI=1S/C14H17Cl2N3O3/c1-8(13(20)18-14(17)21)19-4-5-22-12(7-19)9-2-3-10(15)11(16)6-9/h2-3,6,8,12H,4-5,7H2,1H3,(H3,17,18,20,21)/t8-,12-/m1/s1. The summed E-state index contributed by atoms with van der Waals surface area (Å²) >= 11 is 11.9. The Hall–Kier alpha value is -1.34. The van der Waals surface area contributed by atoms with Crippen molar-refractivity contribution in [3.8, 4) is 0 Å². The molecule has 3 amide bonds. The van der Waals surface area contributed by atoms with Gasteiger partial charge in [-0.25, -0.2) is 4.79 Å². The maximum Gasteiger partial charge on any atom is 0.318 e. The monoisotopic (exact) mass is 345 g/mol. The van der Waals surface area contributed by atoms with Crippen LogP contribution in [0.15, 0.2) is 18.2 Å². The molecule has 22 heavy (non-hydrogen) atoms. The number of nitrogens with two attached hydrogens (primary N) is 1. The van der Waals surface area contributed by atoms with E-state index in [9.17, 15) is 9.59 Å². The molecular formula is C14H17Cl2N3O3. The van der Waals surface area contributed by atoms with Gasteiger partial charge in [0.25, 0.3) is 0 Å². The molecule has 1 aromatic carbocycles. The zero-order chi connectivity index (χ0) is 16.3. The number of amides is 3. The maximum absolute atomic E-state index is 11.9. The van der Waals surface area contributed by atoms with Gasteiger partial charge in [-0.2, -0.15) is 0 Å². The zero-order valence-corrected chi connectivity index (χ0v) is 13.5. The lowest BCUT2D eigenvalue weighted by Gasteiger charge is -2.36. The Kier molecular flexibility index (Phi) is 5.63. The molecule has 3 N–H and O–H groups in total. The van der Waals surface area contributed by atoms with Crippen LogP contribution in [0.5, 0.6) is 0 Å². The summed E-state index contributed by atoms with van der Waals surface area (Å²) in [5, 5.41) is 3.03. The molecule has 0 spiro atoms. The van der Waals surface area contributed by atoms with Gasteiger partial charge in [-0.05, 0) is 24.6 Å². The summed E-state index contributed by atoms with van der Waals surface area (Å²) in [6.07, 6.45) is -0.215. The first-order valence-electron chi connectivity index (χ1n) is 6.79. The molecule has 0 aliphatic carbocycles. The van der Waals surface area contributed by atoms with Crippen LogP contribution in [0, 0.1) is 0 Å². The predicted octanol–water partition coefficient (Wildman–Crippen LogP) is 1.95. The summed E-state index contributed by atoms with van der Waals surface area (Å²) in [6, 6.07) is 3.97. The summed E-state index contributed by atoms with van der Waals surface area (Å²) in [7, 11) is 0. The van der Waals surface area contributed by atoms with Crippen molar-refractivity contribution in [2.24, 2.45) is 5.73 Å². The molecule has 0 radical (unpaired) electrons. The van der Waals surface area contributed by atoms with E-state index >= 15 is 0 Å². The number of hydrogen-bond acceptors (Lipinski definition) is 4. The summed E-state index contributed by atoms with van der Waals surface area (Å²) in [6.45, 7) is 3.28. The van der Waals surface area contributed by atoms with E-state index in [1.54, 1.807) is 19.1 Å². The largest absolute Gasteiger partial charge is 0.371 e. The van der Waals surface area contributed by atoms with Crippen molar-refractivity contribution in [1.29, 1.82) is 0 Å². The molecule has 1 aromatic rings. The normalized spacial score (nSPS) is 20.4. The van der Waals surface area contributed by atoms with Gasteiger partial charge in [0.15, 0.2) is 0 Å². The molecule has 1 saturated heterocycles. The van der Waals surface area contributed by atoms with E-state index in [4.69, 9.17) is 33.7 Å². The molecule has 0 bridgehead atoms. The van der Waals surface area contributed by atoms with Gasteiger partial charge in [0.2, 0.25) is 5.91 Å². The van der Waals surface area contributed by atoms with Crippen molar-refractivity contribution < 1.29 is 14.3 Å². The van der Waals surface area contributed by atoms with Crippen LogP contribution in [0.2, 0.25) is 10.0 Å². The van der Waals surface area contributed by atoms with Crippen LogP contribution in [0.25, 0.3) is 0 Å². The highest BCUT2D eigenvalue weighted by Crippen LogP contribution is 2.29. The molecule has 0 unspecified atom stereocenters. The van der Waals surface area contributed by atoms with E-state index in [0.717, 1.165) is 5.56 Å². The summed E-state index contributed by atoms with van der Waals surface area (Å²) in [5.74, 6) is -0.428. The van der Waals surface area contributed by atoms with Gasteiger partial charge < -0.3 is 10.5 Å². The zero-order valence-electron chi connectivity index (χ0n) is 12.0. The third kappa shape index (κ3) is 4.10. The molecular weight excluding hydrogens is 329 g/mol. The van der Waals surface area contributed by atoms with Crippen molar-refractivity contribution in [3.63, 3.8) is 0 Å². The van der Waals surface area contributed by atoms with Crippen LogP contribution in [0.1, 0.15) is 18.6 Å². The van der Waals surface area contributed by atoms with Gasteiger partial charge in [0.1, 0.15) is 0 Å². The second-order valence-electron chi connectivity index (χ2n) is 5.06. The van der Waals surface area contributed by atoms with E-state index in [1.165, 1.54) is 0 Å². The molecule has 2 atom stereocenters. The molecule has 1 aliphatic heterocycles. The maximum atomic E-state index is 11.9. The van der Waals surface area contributed by atoms with Gasteiger partial charge in [0.05, 0.1) is 28.8 Å². The lowest BCUT2D eigenvalue weighted by Crippen LogP contribution is -2.52. The SMILES string of the molecule is C[C@H](C(=O)NC(N)=O)N1CCO[C@@H](c2ccc(Cl)c(Cl)c2)C1. The van der Waals surface area contributed by atoms with Crippen LogP contribution in [0.4, 0.5) is 4.79 Å². The van der Waals surface area contributed by atoms with Crippen molar-refractivity contribution in [2.75, 3.05) is 19.7 Å². The van der Waals surface area contributed by atoms with Crippen LogP contribution in [-0.2, 0) is 9.53 Å². The molecule has 1 fully saturated rings. The lowest BCUT2D eigenvalue weighted by atomic mass is 10.1. The first-order valence-corrected chi connectivity index (χ1v) is 7.55. The van der Waals surface area contributed by atoms with E-state index in [2.05, 4.69) is 5.32 Å². The van der Waals surface area contributed by atoms with Crippen molar-refractivity contribution in [1.82, 2.24) is 10.2 Å². The average molecular weight is 346 g/mol. The number of halogens is 2. The smallest absolute Gasteiger partial charge is 0.318 e. The topological polar surface area (TPSA) is 84.7 Å². The molecule has 1 heterocycles. The number of nitrogens with zero attached hydrogens (tertiary/aromatic N) is 1. The molecule has 8 heteroatoms. The Morgan fingerprint density at radius 2 is 2.14 bits per heavy atom. The first-order chi connectivity index (χ1) is 10.4. The highest BCUT2D eigenvalue weighted by atomic mass is 35.5. The van der Waals surface area contributed by atoms with Gasteiger partial charge in [-0.15, -0.1) is 0 Å².